The molecule has 1 fully saturated rings. The average Bonchev–Trinajstić information content (AvgIpc) is 3.39. The number of benzene rings is 3. The third kappa shape index (κ3) is 4.56. The number of carboxylic acid groups (broad SMARTS) is 1. The van der Waals surface area contributed by atoms with E-state index in [1.54, 1.807) is 30.1 Å². The van der Waals surface area contributed by atoms with Crippen LogP contribution in [0.25, 0.3) is 28.1 Å². The van der Waals surface area contributed by atoms with Gasteiger partial charge in [-0.3, -0.25) is 0 Å². The second kappa shape index (κ2) is 9.49. The fraction of sp³-hybridized carbons (Fsp3) is 0.222. The van der Waals surface area contributed by atoms with E-state index in [-0.39, 0.29) is 5.56 Å². The molecule has 0 atom stereocenters. The summed E-state index contributed by atoms with van der Waals surface area (Å²) in [6.45, 7) is 2.10. The van der Waals surface area contributed by atoms with Crippen molar-refractivity contribution in [2.75, 3.05) is 20.2 Å². The van der Waals surface area contributed by atoms with Gasteiger partial charge in [-0.25, -0.2) is 9.48 Å². The fourth-order valence-corrected chi connectivity index (χ4v) is 4.42. The van der Waals surface area contributed by atoms with Crippen LogP contribution in [0.15, 0.2) is 72.9 Å². The summed E-state index contributed by atoms with van der Waals surface area (Å²) in [6.07, 6.45) is 4.08. The van der Waals surface area contributed by atoms with E-state index < -0.39 is 5.97 Å². The summed E-state index contributed by atoms with van der Waals surface area (Å²) >= 11 is 0. The minimum atomic E-state index is -0.982. The number of methoxy groups -OCH3 is 1. The average molecular weight is 455 g/mol. The highest BCUT2D eigenvalue weighted by Crippen LogP contribution is 2.30. The first kappa shape index (κ1) is 21.9. The lowest BCUT2D eigenvalue weighted by atomic mass is 9.89. The van der Waals surface area contributed by atoms with Crippen LogP contribution in [0.2, 0.25) is 0 Å². The molecule has 1 saturated heterocycles. The topological polar surface area (TPSA) is 89.3 Å². The first-order valence-electron chi connectivity index (χ1n) is 11.4. The Morgan fingerprint density at radius 3 is 2.35 bits per heavy atom. The zero-order valence-electron chi connectivity index (χ0n) is 18.9. The molecule has 7 nitrogen and oxygen atoms in total. The minimum absolute atomic E-state index is 0.205. The van der Waals surface area contributed by atoms with Crippen LogP contribution in [0.5, 0.6) is 5.75 Å². The van der Waals surface area contributed by atoms with E-state index in [4.69, 9.17) is 4.74 Å². The van der Waals surface area contributed by atoms with Crippen LogP contribution in [0.3, 0.4) is 0 Å². The van der Waals surface area contributed by atoms with Crippen molar-refractivity contribution < 1.29 is 14.6 Å². The van der Waals surface area contributed by atoms with Gasteiger partial charge in [0.1, 0.15) is 11.4 Å². The van der Waals surface area contributed by atoms with E-state index in [1.807, 2.05) is 30.3 Å². The SMILES string of the molecule is COc1ccc(-c2cn(-c3cc(C(=O)O)cc(-c4ccc(C5CCNCC5)cc4)c3)nn2)cc1. The van der Waals surface area contributed by atoms with Crippen LogP contribution in [0.4, 0.5) is 0 Å². The van der Waals surface area contributed by atoms with Crippen molar-refractivity contribution in [2.24, 2.45) is 0 Å². The molecule has 2 heterocycles. The van der Waals surface area contributed by atoms with Gasteiger partial charge in [-0.1, -0.05) is 29.5 Å². The maximum Gasteiger partial charge on any atom is 0.335 e. The normalized spacial score (nSPS) is 14.1. The van der Waals surface area contributed by atoms with Crippen molar-refractivity contribution in [2.45, 2.75) is 18.8 Å². The molecule has 0 aliphatic carbocycles. The third-order valence-corrected chi connectivity index (χ3v) is 6.36. The number of nitrogens with one attached hydrogen (secondary N) is 1. The van der Waals surface area contributed by atoms with Gasteiger partial charge in [0.25, 0.3) is 0 Å². The van der Waals surface area contributed by atoms with Crippen LogP contribution in [0.1, 0.15) is 34.7 Å². The van der Waals surface area contributed by atoms with E-state index in [0.717, 1.165) is 48.4 Å². The van der Waals surface area contributed by atoms with Crippen LogP contribution in [-0.2, 0) is 0 Å². The Labute approximate surface area is 198 Å². The van der Waals surface area contributed by atoms with Gasteiger partial charge in [-0.2, -0.15) is 0 Å². The predicted octanol–water partition coefficient (Wildman–Crippen LogP) is 4.78. The number of hydrogen-bond donors (Lipinski definition) is 2. The van der Waals surface area contributed by atoms with Crippen molar-refractivity contribution in [1.29, 1.82) is 0 Å². The lowest BCUT2D eigenvalue weighted by Crippen LogP contribution is -2.26. The van der Waals surface area contributed by atoms with E-state index in [1.165, 1.54) is 5.56 Å². The van der Waals surface area contributed by atoms with Crippen LogP contribution < -0.4 is 10.1 Å². The third-order valence-electron chi connectivity index (χ3n) is 6.36. The number of rotatable bonds is 6. The van der Waals surface area contributed by atoms with Crippen LogP contribution in [0, 0.1) is 0 Å². The lowest BCUT2D eigenvalue weighted by molar-refractivity contribution is 0.0697. The maximum absolute atomic E-state index is 11.9. The molecule has 0 amide bonds. The highest BCUT2D eigenvalue weighted by atomic mass is 16.5. The van der Waals surface area contributed by atoms with Crippen LogP contribution >= 0.6 is 0 Å². The highest BCUT2D eigenvalue weighted by molar-refractivity contribution is 5.90. The predicted molar refractivity (Wildman–Crippen MR) is 131 cm³/mol. The molecule has 4 aromatic rings. The van der Waals surface area contributed by atoms with Crippen molar-refractivity contribution >= 4 is 5.97 Å². The first-order valence-corrected chi connectivity index (χ1v) is 11.4. The Hall–Kier alpha value is -3.97. The molecular weight excluding hydrogens is 428 g/mol. The molecular formula is C27H26N4O3. The molecule has 1 aromatic heterocycles. The van der Waals surface area contributed by atoms with Gasteiger partial charge < -0.3 is 15.2 Å². The zero-order chi connectivity index (χ0) is 23.5. The number of hydrogen-bond acceptors (Lipinski definition) is 5. The number of piperidine rings is 1. The molecule has 34 heavy (non-hydrogen) atoms. The van der Waals surface area contributed by atoms with Gasteiger partial charge in [0.2, 0.25) is 0 Å². The van der Waals surface area contributed by atoms with E-state index in [9.17, 15) is 9.90 Å². The number of carbonyl (C=O) groups is 1. The summed E-state index contributed by atoms with van der Waals surface area (Å²) in [5.41, 5.74) is 5.57. The second-order valence-electron chi connectivity index (χ2n) is 8.50. The number of ether oxygens (including phenoxy) is 1. The molecule has 7 heteroatoms. The highest BCUT2D eigenvalue weighted by Gasteiger charge is 2.16. The molecule has 0 bridgehead atoms. The van der Waals surface area contributed by atoms with Crippen molar-refractivity contribution in [3.05, 3.63) is 84.1 Å². The molecule has 172 valence electrons. The van der Waals surface area contributed by atoms with E-state index in [0.29, 0.717) is 17.3 Å². The Morgan fingerprint density at radius 2 is 1.68 bits per heavy atom. The van der Waals surface area contributed by atoms with Crippen molar-refractivity contribution in [3.8, 4) is 33.8 Å². The lowest BCUT2D eigenvalue weighted by Gasteiger charge is -2.23. The van der Waals surface area contributed by atoms with Gasteiger partial charge in [0.05, 0.1) is 24.6 Å². The molecule has 2 N–H and O–H groups in total. The molecule has 3 aromatic carbocycles. The Kier molecular flexibility index (Phi) is 6.10. The summed E-state index contributed by atoms with van der Waals surface area (Å²) in [5, 5.41) is 21.6. The van der Waals surface area contributed by atoms with E-state index in [2.05, 4.69) is 39.9 Å². The summed E-state index contributed by atoms with van der Waals surface area (Å²) in [4.78, 5) is 11.9. The summed E-state index contributed by atoms with van der Waals surface area (Å²) < 4.78 is 6.82. The molecule has 0 saturated carbocycles. The molecule has 5 rings (SSSR count). The summed E-state index contributed by atoms with van der Waals surface area (Å²) in [5.74, 6) is 0.355. The standard InChI is InChI=1S/C27H26N4O3/c1-34-25-8-6-21(7-9-25)26-17-31(30-29-26)24-15-22(14-23(16-24)27(32)33)19-4-2-18(3-5-19)20-10-12-28-13-11-20/h2-9,14-17,20,28H,10-13H2,1H3,(H,32,33). The maximum atomic E-state index is 11.9. The monoisotopic (exact) mass is 454 g/mol. The van der Waals surface area contributed by atoms with Gasteiger partial charge in [-0.05, 0) is 91.0 Å². The Bertz CT molecular complexity index is 1290. The molecule has 1 aliphatic heterocycles. The number of nitrogens with zero attached hydrogens (tertiary/aromatic N) is 3. The molecule has 1 aliphatic rings. The largest absolute Gasteiger partial charge is 0.497 e. The first-order chi connectivity index (χ1) is 16.6. The van der Waals surface area contributed by atoms with Crippen molar-refractivity contribution in [1.82, 2.24) is 20.3 Å². The second-order valence-corrected chi connectivity index (χ2v) is 8.50. The summed E-state index contributed by atoms with van der Waals surface area (Å²) in [7, 11) is 1.62. The smallest absolute Gasteiger partial charge is 0.335 e. The quantitative estimate of drug-likeness (QED) is 0.436. The molecule has 0 radical (unpaired) electrons. The van der Waals surface area contributed by atoms with Gasteiger partial charge in [0, 0.05) is 5.56 Å². The zero-order valence-corrected chi connectivity index (χ0v) is 18.9. The van der Waals surface area contributed by atoms with Gasteiger partial charge in [-0.15, -0.1) is 5.10 Å². The van der Waals surface area contributed by atoms with Crippen molar-refractivity contribution in [3.63, 3.8) is 0 Å². The molecule has 0 spiro atoms. The van der Waals surface area contributed by atoms with Gasteiger partial charge >= 0.3 is 5.97 Å². The summed E-state index contributed by atoms with van der Waals surface area (Å²) in [6, 6.07) is 21.3. The number of aromatic carboxylic acids is 1. The van der Waals surface area contributed by atoms with E-state index >= 15 is 0 Å². The molecule has 0 unspecified atom stereocenters. The Morgan fingerprint density at radius 1 is 0.971 bits per heavy atom. The number of aromatic nitrogens is 3. The number of carboxylic acids is 1. The fourth-order valence-electron chi connectivity index (χ4n) is 4.42. The van der Waals surface area contributed by atoms with Crippen LogP contribution in [-0.4, -0.2) is 46.3 Å². The van der Waals surface area contributed by atoms with Gasteiger partial charge in [0.15, 0.2) is 0 Å². The minimum Gasteiger partial charge on any atom is -0.497 e. The Balaban J connectivity index is 1.46.